The van der Waals surface area contributed by atoms with Gasteiger partial charge in [0, 0.05) is 5.56 Å². The van der Waals surface area contributed by atoms with Crippen molar-refractivity contribution in [3.05, 3.63) is 35.7 Å². The molecule has 1 fully saturated rings. The van der Waals surface area contributed by atoms with E-state index in [1.165, 1.54) is 69.8 Å². The Balaban J connectivity index is 0.00000261. The molecule has 0 saturated carbocycles. The molecule has 3 rings (SSSR count). The maximum Gasteiger partial charge on any atom is 0.244 e. The Hall–Kier alpha value is -1.39. The van der Waals surface area contributed by atoms with E-state index in [1.54, 1.807) is 0 Å². The predicted molar refractivity (Wildman–Crippen MR) is 113 cm³/mol. The molecule has 0 amide bonds. The molecule has 1 saturated heterocycles. The third kappa shape index (κ3) is 6.93. The molecule has 1 N–H and O–H groups in total. The number of halogens is 1. The smallest absolute Gasteiger partial charge is 0.244 e. The van der Waals surface area contributed by atoms with Crippen LogP contribution in [0.4, 0.5) is 0 Å². The molecule has 5 heteroatoms. The van der Waals surface area contributed by atoms with Crippen LogP contribution >= 0.6 is 12.4 Å². The average Bonchev–Trinajstić information content (AvgIpc) is 3.36. The molecule has 0 unspecified atom stereocenters. The topological polar surface area (TPSA) is 51.0 Å². The van der Waals surface area contributed by atoms with Crippen LogP contribution in [0.5, 0.6) is 0 Å². The standard InChI is InChI=1S/C22H33N3O.ClH/c1-2-3-4-5-6-7-8-9-11-18-13-15-19(16-14-18)21-24-22(26-25-21)20-12-10-17-23-20;/h13-16,20,23H,2-12,17H2,1H3;1H/t20-;/m1./s1. The number of nitrogens with one attached hydrogen (secondary N) is 1. The molecule has 0 spiro atoms. The quantitative estimate of drug-likeness (QED) is 0.459. The normalized spacial score (nSPS) is 16.4. The number of aryl methyl sites for hydroxylation is 1. The zero-order valence-electron chi connectivity index (χ0n) is 16.6. The van der Waals surface area contributed by atoms with Crippen molar-refractivity contribution in [3.63, 3.8) is 0 Å². The van der Waals surface area contributed by atoms with Crippen LogP contribution in [-0.2, 0) is 6.42 Å². The molecule has 0 aliphatic carbocycles. The third-order valence-electron chi connectivity index (χ3n) is 5.33. The van der Waals surface area contributed by atoms with Crippen molar-refractivity contribution < 1.29 is 4.52 Å². The molecule has 1 aliphatic rings. The molecule has 27 heavy (non-hydrogen) atoms. The van der Waals surface area contributed by atoms with Gasteiger partial charge in [0.15, 0.2) is 0 Å². The van der Waals surface area contributed by atoms with Gasteiger partial charge in [-0.3, -0.25) is 0 Å². The monoisotopic (exact) mass is 391 g/mol. The zero-order valence-corrected chi connectivity index (χ0v) is 17.4. The lowest BCUT2D eigenvalue weighted by Gasteiger charge is -2.03. The molecule has 0 bridgehead atoms. The summed E-state index contributed by atoms with van der Waals surface area (Å²) in [5, 5.41) is 7.55. The van der Waals surface area contributed by atoms with Gasteiger partial charge >= 0.3 is 0 Å². The minimum atomic E-state index is 0. The first-order chi connectivity index (χ1) is 12.9. The van der Waals surface area contributed by atoms with Gasteiger partial charge in [0.1, 0.15) is 0 Å². The highest BCUT2D eigenvalue weighted by Gasteiger charge is 2.22. The lowest BCUT2D eigenvalue weighted by molar-refractivity contribution is 0.345. The molecule has 4 nitrogen and oxygen atoms in total. The summed E-state index contributed by atoms with van der Waals surface area (Å²) in [6, 6.07) is 8.89. The summed E-state index contributed by atoms with van der Waals surface area (Å²) in [5.41, 5.74) is 2.44. The van der Waals surface area contributed by atoms with Crippen LogP contribution in [0.2, 0.25) is 0 Å². The number of nitrogens with zero attached hydrogens (tertiary/aromatic N) is 2. The number of aromatic nitrogens is 2. The van der Waals surface area contributed by atoms with Crippen molar-refractivity contribution in [2.75, 3.05) is 6.54 Å². The lowest BCUT2D eigenvalue weighted by Crippen LogP contribution is -2.12. The zero-order chi connectivity index (χ0) is 18.0. The SMILES string of the molecule is CCCCCCCCCCc1ccc(-c2noc([C@H]3CCCN3)n2)cc1.Cl. The summed E-state index contributed by atoms with van der Waals surface area (Å²) in [4.78, 5) is 4.57. The molecule has 1 aliphatic heterocycles. The van der Waals surface area contributed by atoms with Crippen LogP contribution in [0.15, 0.2) is 28.8 Å². The van der Waals surface area contributed by atoms with E-state index in [2.05, 4.69) is 46.6 Å². The largest absolute Gasteiger partial charge is 0.337 e. The van der Waals surface area contributed by atoms with E-state index < -0.39 is 0 Å². The second-order valence-electron chi connectivity index (χ2n) is 7.53. The van der Waals surface area contributed by atoms with Gasteiger partial charge < -0.3 is 9.84 Å². The predicted octanol–water partition coefficient (Wildman–Crippen LogP) is 6.27. The Morgan fingerprint density at radius 1 is 1.00 bits per heavy atom. The fourth-order valence-electron chi connectivity index (χ4n) is 3.67. The van der Waals surface area contributed by atoms with Crippen molar-refractivity contribution in [3.8, 4) is 11.4 Å². The second kappa shape index (κ2) is 12.1. The fraction of sp³-hybridized carbons (Fsp3) is 0.636. The van der Waals surface area contributed by atoms with E-state index in [1.807, 2.05) is 0 Å². The van der Waals surface area contributed by atoms with Gasteiger partial charge in [-0.15, -0.1) is 12.4 Å². The molecule has 0 radical (unpaired) electrons. The van der Waals surface area contributed by atoms with Crippen molar-refractivity contribution in [2.24, 2.45) is 0 Å². The maximum atomic E-state index is 5.44. The van der Waals surface area contributed by atoms with E-state index in [9.17, 15) is 0 Å². The summed E-state index contributed by atoms with van der Waals surface area (Å²) in [7, 11) is 0. The van der Waals surface area contributed by atoms with E-state index >= 15 is 0 Å². The molecule has 2 aromatic rings. The number of rotatable bonds is 11. The van der Waals surface area contributed by atoms with Gasteiger partial charge in [0.2, 0.25) is 11.7 Å². The molecule has 1 atom stereocenters. The van der Waals surface area contributed by atoms with Crippen LogP contribution in [0, 0.1) is 0 Å². The summed E-state index contributed by atoms with van der Waals surface area (Å²) < 4.78 is 5.44. The van der Waals surface area contributed by atoms with Gasteiger partial charge in [-0.2, -0.15) is 4.98 Å². The van der Waals surface area contributed by atoms with Gasteiger partial charge in [-0.1, -0.05) is 81.3 Å². The van der Waals surface area contributed by atoms with E-state index in [-0.39, 0.29) is 18.4 Å². The van der Waals surface area contributed by atoms with Crippen LogP contribution in [0.25, 0.3) is 11.4 Å². The Morgan fingerprint density at radius 3 is 2.37 bits per heavy atom. The highest BCUT2D eigenvalue weighted by atomic mass is 35.5. The fourth-order valence-corrected chi connectivity index (χ4v) is 3.67. The first-order valence-corrected chi connectivity index (χ1v) is 10.5. The van der Waals surface area contributed by atoms with E-state index in [4.69, 9.17) is 4.52 Å². The average molecular weight is 392 g/mol. The molecule has 1 aromatic heterocycles. The third-order valence-corrected chi connectivity index (χ3v) is 5.33. The Bertz CT molecular complexity index is 635. The van der Waals surface area contributed by atoms with Gasteiger partial charge in [0.25, 0.3) is 0 Å². The Labute approximate surface area is 169 Å². The Kier molecular flexibility index (Phi) is 9.85. The van der Waals surface area contributed by atoms with Crippen LogP contribution in [-0.4, -0.2) is 16.7 Å². The van der Waals surface area contributed by atoms with Crippen molar-refractivity contribution >= 4 is 12.4 Å². The van der Waals surface area contributed by atoms with E-state index in [0.29, 0.717) is 5.82 Å². The Morgan fingerprint density at radius 2 is 1.70 bits per heavy atom. The van der Waals surface area contributed by atoms with Crippen molar-refractivity contribution in [2.45, 2.75) is 83.6 Å². The lowest BCUT2D eigenvalue weighted by atomic mass is 10.0. The van der Waals surface area contributed by atoms with Crippen LogP contribution < -0.4 is 5.32 Å². The highest BCUT2D eigenvalue weighted by molar-refractivity contribution is 5.85. The van der Waals surface area contributed by atoms with Crippen LogP contribution in [0.3, 0.4) is 0 Å². The summed E-state index contributed by atoms with van der Waals surface area (Å²) in [6.07, 6.45) is 14.4. The number of hydrogen-bond donors (Lipinski definition) is 1. The second-order valence-corrected chi connectivity index (χ2v) is 7.53. The first-order valence-electron chi connectivity index (χ1n) is 10.5. The van der Waals surface area contributed by atoms with Crippen LogP contribution in [0.1, 0.15) is 88.6 Å². The van der Waals surface area contributed by atoms with Gasteiger partial charge in [0.05, 0.1) is 6.04 Å². The number of benzene rings is 1. The molecule has 2 heterocycles. The van der Waals surface area contributed by atoms with Crippen molar-refractivity contribution in [1.29, 1.82) is 0 Å². The van der Waals surface area contributed by atoms with Gasteiger partial charge in [-0.05, 0) is 37.8 Å². The number of hydrogen-bond acceptors (Lipinski definition) is 4. The minimum absolute atomic E-state index is 0. The molecular formula is C22H34ClN3O. The molecule has 150 valence electrons. The molecule has 1 aromatic carbocycles. The maximum absolute atomic E-state index is 5.44. The van der Waals surface area contributed by atoms with E-state index in [0.717, 1.165) is 24.4 Å². The highest BCUT2D eigenvalue weighted by Crippen LogP contribution is 2.24. The summed E-state index contributed by atoms with van der Waals surface area (Å²) >= 11 is 0. The summed E-state index contributed by atoms with van der Waals surface area (Å²) in [6.45, 7) is 3.31. The minimum Gasteiger partial charge on any atom is -0.337 e. The van der Waals surface area contributed by atoms with Crippen molar-refractivity contribution in [1.82, 2.24) is 15.5 Å². The summed E-state index contributed by atoms with van der Waals surface area (Å²) in [5.74, 6) is 1.42. The molecular weight excluding hydrogens is 358 g/mol. The number of unbranched alkanes of at least 4 members (excludes halogenated alkanes) is 7. The van der Waals surface area contributed by atoms with Gasteiger partial charge in [-0.25, -0.2) is 0 Å². The first kappa shape index (κ1) is 21.9.